The summed E-state index contributed by atoms with van der Waals surface area (Å²) in [6.45, 7) is 1.18. The first kappa shape index (κ1) is 9.17. The molecule has 0 bridgehead atoms. The molecule has 0 aromatic rings. The van der Waals surface area contributed by atoms with Crippen LogP contribution in [0.15, 0.2) is 0 Å². The number of nitrogens with one attached hydrogen (secondary N) is 1. The van der Waals surface area contributed by atoms with E-state index in [-0.39, 0.29) is 6.10 Å². The number of hydrogen-bond acceptors (Lipinski definition) is 2. The molecule has 3 rings (SSSR count). The maximum Gasteiger partial charge on any atom is 0.0693 e. The zero-order valence-corrected chi connectivity index (χ0v) is 8.84. The minimum absolute atomic E-state index is 0.0648. The lowest BCUT2D eigenvalue weighted by atomic mass is 10.00. The van der Waals surface area contributed by atoms with Crippen molar-refractivity contribution in [3.63, 3.8) is 0 Å². The van der Waals surface area contributed by atoms with Crippen LogP contribution in [-0.2, 0) is 0 Å². The molecule has 2 nitrogen and oxygen atoms in total. The van der Waals surface area contributed by atoms with Crippen LogP contribution in [-0.4, -0.2) is 23.8 Å². The van der Waals surface area contributed by atoms with E-state index in [2.05, 4.69) is 5.32 Å². The molecule has 2 atom stereocenters. The van der Waals surface area contributed by atoms with E-state index >= 15 is 0 Å². The molecule has 2 heteroatoms. The Morgan fingerprint density at radius 2 is 1.93 bits per heavy atom. The van der Waals surface area contributed by atoms with E-state index in [0.29, 0.717) is 11.5 Å². The molecule has 0 heterocycles. The first-order valence-corrected chi connectivity index (χ1v) is 6.22. The SMILES string of the molecule is OC1CCCC1NCC1(C2CC2)CC1. The second-order valence-corrected chi connectivity index (χ2v) is 5.62. The second kappa shape index (κ2) is 3.21. The molecule has 3 fully saturated rings. The third-order valence-corrected chi connectivity index (χ3v) is 4.53. The van der Waals surface area contributed by atoms with Gasteiger partial charge in [-0.25, -0.2) is 0 Å². The van der Waals surface area contributed by atoms with E-state index in [1.807, 2.05) is 0 Å². The molecule has 0 aromatic heterocycles. The van der Waals surface area contributed by atoms with Gasteiger partial charge in [-0.3, -0.25) is 0 Å². The molecule has 2 N–H and O–H groups in total. The van der Waals surface area contributed by atoms with Crippen LogP contribution >= 0.6 is 0 Å². The lowest BCUT2D eigenvalue weighted by molar-refractivity contribution is 0.144. The molecule has 14 heavy (non-hydrogen) atoms. The van der Waals surface area contributed by atoms with Crippen LogP contribution in [0.25, 0.3) is 0 Å². The minimum Gasteiger partial charge on any atom is -0.392 e. The summed E-state index contributed by atoms with van der Waals surface area (Å²) >= 11 is 0. The highest BCUT2D eigenvalue weighted by molar-refractivity contribution is 5.05. The number of aliphatic hydroxyl groups is 1. The summed E-state index contributed by atoms with van der Waals surface area (Å²) in [5.74, 6) is 1.04. The van der Waals surface area contributed by atoms with Crippen molar-refractivity contribution in [1.29, 1.82) is 0 Å². The van der Waals surface area contributed by atoms with E-state index < -0.39 is 0 Å². The summed E-state index contributed by atoms with van der Waals surface area (Å²) in [6, 6.07) is 0.409. The summed E-state index contributed by atoms with van der Waals surface area (Å²) < 4.78 is 0. The fourth-order valence-electron chi connectivity index (χ4n) is 3.10. The monoisotopic (exact) mass is 195 g/mol. The van der Waals surface area contributed by atoms with Gasteiger partial charge in [-0.2, -0.15) is 0 Å². The Hall–Kier alpha value is -0.0800. The molecule has 0 saturated heterocycles. The average Bonchev–Trinajstić information content (AvgIpc) is 3.04. The van der Waals surface area contributed by atoms with Crippen molar-refractivity contribution in [3.05, 3.63) is 0 Å². The lowest BCUT2D eigenvalue weighted by Crippen LogP contribution is -2.39. The predicted molar refractivity (Wildman–Crippen MR) is 56.0 cm³/mol. The van der Waals surface area contributed by atoms with Crippen molar-refractivity contribution >= 4 is 0 Å². The van der Waals surface area contributed by atoms with Gasteiger partial charge in [0.05, 0.1) is 6.10 Å². The van der Waals surface area contributed by atoms with Crippen molar-refractivity contribution < 1.29 is 5.11 Å². The molecule has 0 amide bonds. The number of hydrogen-bond donors (Lipinski definition) is 2. The highest BCUT2D eigenvalue weighted by atomic mass is 16.3. The van der Waals surface area contributed by atoms with Crippen molar-refractivity contribution in [2.45, 2.75) is 57.1 Å². The molecule has 0 aromatic carbocycles. The summed E-state index contributed by atoms with van der Waals surface area (Å²) in [5, 5.41) is 13.3. The van der Waals surface area contributed by atoms with Crippen LogP contribution in [0.2, 0.25) is 0 Å². The third-order valence-electron chi connectivity index (χ3n) is 4.53. The van der Waals surface area contributed by atoms with Gasteiger partial charge >= 0.3 is 0 Å². The molecule has 2 unspecified atom stereocenters. The Morgan fingerprint density at radius 3 is 2.43 bits per heavy atom. The Morgan fingerprint density at radius 1 is 1.14 bits per heavy atom. The quantitative estimate of drug-likeness (QED) is 0.715. The Bertz CT molecular complexity index is 220. The highest BCUT2D eigenvalue weighted by Crippen LogP contribution is 2.60. The zero-order valence-electron chi connectivity index (χ0n) is 8.84. The van der Waals surface area contributed by atoms with Gasteiger partial charge in [-0.05, 0) is 56.3 Å². The second-order valence-electron chi connectivity index (χ2n) is 5.62. The zero-order chi connectivity index (χ0) is 9.60. The van der Waals surface area contributed by atoms with Crippen molar-refractivity contribution in [2.24, 2.45) is 11.3 Å². The predicted octanol–water partition coefficient (Wildman–Crippen LogP) is 1.68. The van der Waals surface area contributed by atoms with E-state index in [1.165, 1.54) is 45.1 Å². The molecule has 3 aliphatic carbocycles. The molecule has 0 spiro atoms. The van der Waals surface area contributed by atoms with Crippen LogP contribution < -0.4 is 5.32 Å². The molecule has 0 radical (unpaired) electrons. The van der Waals surface area contributed by atoms with Crippen molar-refractivity contribution in [2.75, 3.05) is 6.54 Å². The molecule has 3 saturated carbocycles. The Balaban J connectivity index is 1.49. The van der Waals surface area contributed by atoms with Crippen molar-refractivity contribution in [3.8, 4) is 0 Å². The maximum absolute atomic E-state index is 9.70. The Labute approximate surface area is 86.1 Å². The van der Waals surface area contributed by atoms with E-state index in [4.69, 9.17) is 0 Å². The smallest absolute Gasteiger partial charge is 0.0693 e. The van der Waals surface area contributed by atoms with Gasteiger partial charge in [-0.1, -0.05) is 0 Å². The molecular formula is C12H21NO. The standard InChI is InChI=1S/C12H21NO/c14-11-3-1-2-10(11)13-8-12(6-7-12)9-4-5-9/h9-11,13-14H,1-8H2. The first-order chi connectivity index (χ1) is 6.80. The molecule has 3 aliphatic rings. The summed E-state index contributed by atoms with van der Waals surface area (Å²) in [6.07, 6.45) is 9.14. The van der Waals surface area contributed by atoms with Crippen LogP contribution in [0.4, 0.5) is 0 Å². The molecule has 0 aliphatic heterocycles. The van der Waals surface area contributed by atoms with Crippen LogP contribution in [0.1, 0.15) is 44.9 Å². The van der Waals surface area contributed by atoms with Gasteiger partial charge in [0, 0.05) is 12.6 Å². The van der Waals surface area contributed by atoms with Gasteiger partial charge in [0.1, 0.15) is 0 Å². The maximum atomic E-state index is 9.70. The Kier molecular flexibility index (Phi) is 2.10. The number of rotatable bonds is 4. The average molecular weight is 195 g/mol. The molecular weight excluding hydrogens is 174 g/mol. The van der Waals surface area contributed by atoms with Gasteiger partial charge < -0.3 is 10.4 Å². The highest BCUT2D eigenvalue weighted by Gasteiger charge is 2.53. The summed E-state index contributed by atoms with van der Waals surface area (Å²) in [4.78, 5) is 0. The van der Waals surface area contributed by atoms with Crippen molar-refractivity contribution in [1.82, 2.24) is 5.32 Å². The summed E-state index contributed by atoms with van der Waals surface area (Å²) in [5.41, 5.74) is 0.683. The minimum atomic E-state index is -0.0648. The fraction of sp³-hybridized carbons (Fsp3) is 1.00. The topological polar surface area (TPSA) is 32.3 Å². The largest absolute Gasteiger partial charge is 0.392 e. The van der Waals surface area contributed by atoms with E-state index in [9.17, 15) is 5.11 Å². The first-order valence-electron chi connectivity index (χ1n) is 6.22. The van der Waals surface area contributed by atoms with Gasteiger partial charge in [0.25, 0.3) is 0 Å². The molecule has 80 valence electrons. The van der Waals surface area contributed by atoms with Crippen LogP contribution in [0, 0.1) is 11.3 Å². The fourth-order valence-corrected chi connectivity index (χ4v) is 3.10. The van der Waals surface area contributed by atoms with Gasteiger partial charge in [0.15, 0.2) is 0 Å². The summed E-state index contributed by atoms with van der Waals surface area (Å²) in [7, 11) is 0. The van der Waals surface area contributed by atoms with Crippen LogP contribution in [0.5, 0.6) is 0 Å². The lowest BCUT2D eigenvalue weighted by Gasteiger charge is -2.21. The number of aliphatic hydroxyl groups excluding tert-OH is 1. The van der Waals surface area contributed by atoms with E-state index in [1.54, 1.807) is 0 Å². The van der Waals surface area contributed by atoms with Crippen LogP contribution in [0.3, 0.4) is 0 Å². The van der Waals surface area contributed by atoms with Gasteiger partial charge in [-0.15, -0.1) is 0 Å². The normalized spacial score (nSPS) is 40.1. The third kappa shape index (κ3) is 1.59. The van der Waals surface area contributed by atoms with Gasteiger partial charge in [0.2, 0.25) is 0 Å². The van der Waals surface area contributed by atoms with E-state index in [0.717, 1.165) is 12.3 Å².